The molecule has 1 rings (SSSR count). The number of carbonyl (C=O) groups excluding carboxylic acids is 1. The van der Waals surface area contributed by atoms with E-state index in [0.717, 1.165) is 0 Å². The fourth-order valence-corrected chi connectivity index (χ4v) is 0.936. The number of rotatable bonds is 3. The number of nitrogens with one attached hydrogen (secondary N) is 1. The number of ketones is 1. The predicted molar refractivity (Wildman–Crippen MR) is 41.3 cm³/mol. The molecule has 0 aliphatic heterocycles. The van der Waals surface area contributed by atoms with Crippen molar-refractivity contribution >= 4 is 5.78 Å². The van der Waals surface area contributed by atoms with Crippen molar-refractivity contribution in [3.63, 3.8) is 0 Å². The number of aromatic amines is 1. The Hall–Kier alpha value is -1.37. The smallest absolute Gasteiger partial charge is 0.348 e. The Kier molecular flexibility index (Phi) is 2.90. The van der Waals surface area contributed by atoms with Crippen LogP contribution in [0.15, 0.2) is 12.5 Å². The van der Waals surface area contributed by atoms with Gasteiger partial charge in [-0.25, -0.2) is 4.98 Å². The number of nitrogens with two attached hydrogens (primary N) is 1. The van der Waals surface area contributed by atoms with Gasteiger partial charge >= 0.3 is 6.18 Å². The number of alkyl halides is 3. The van der Waals surface area contributed by atoms with E-state index in [4.69, 9.17) is 5.73 Å². The van der Waals surface area contributed by atoms with E-state index in [9.17, 15) is 18.0 Å². The summed E-state index contributed by atoms with van der Waals surface area (Å²) < 4.78 is 35.6. The van der Waals surface area contributed by atoms with E-state index in [0.29, 0.717) is 5.69 Å². The third kappa shape index (κ3) is 2.56. The van der Waals surface area contributed by atoms with Crippen molar-refractivity contribution in [3.05, 3.63) is 18.2 Å². The maximum absolute atomic E-state index is 11.9. The molecule has 0 radical (unpaired) electrons. The monoisotopic (exact) mass is 207 g/mol. The molecule has 78 valence electrons. The van der Waals surface area contributed by atoms with Crippen LogP contribution in [0.2, 0.25) is 0 Å². The maximum Gasteiger partial charge on any atom is 0.451 e. The van der Waals surface area contributed by atoms with Gasteiger partial charge in [-0.3, -0.25) is 4.79 Å². The first-order valence-corrected chi connectivity index (χ1v) is 3.75. The fraction of sp³-hybridized carbons (Fsp3) is 0.429. The molecule has 0 bridgehead atoms. The highest BCUT2D eigenvalue weighted by Crippen LogP contribution is 2.18. The van der Waals surface area contributed by atoms with Crippen molar-refractivity contribution in [1.29, 1.82) is 0 Å². The molecule has 1 unspecified atom stereocenters. The zero-order valence-corrected chi connectivity index (χ0v) is 7.01. The number of hydrogen-bond donors (Lipinski definition) is 2. The molecule has 1 aromatic heterocycles. The molecular formula is C7H8F3N3O. The topological polar surface area (TPSA) is 71.8 Å². The number of hydrogen-bond acceptors (Lipinski definition) is 3. The summed E-state index contributed by atoms with van der Waals surface area (Å²) >= 11 is 0. The highest BCUT2D eigenvalue weighted by molar-refractivity contribution is 5.89. The van der Waals surface area contributed by atoms with Crippen LogP contribution in [-0.2, 0) is 11.2 Å². The van der Waals surface area contributed by atoms with Crippen LogP contribution in [-0.4, -0.2) is 28.0 Å². The van der Waals surface area contributed by atoms with E-state index >= 15 is 0 Å². The lowest BCUT2D eigenvalue weighted by atomic mass is 10.1. The Labute approximate surface area is 77.3 Å². The Morgan fingerprint density at radius 3 is 2.71 bits per heavy atom. The van der Waals surface area contributed by atoms with Gasteiger partial charge in [0.05, 0.1) is 12.4 Å². The van der Waals surface area contributed by atoms with Crippen LogP contribution in [0.3, 0.4) is 0 Å². The van der Waals surface area contributed by atoms with E-state index in [1.54, 1.807) is 0 Å². The summed E-state index contributed by atoms with van der Waals surface area (Å²) in [6.45, 7) is 0. The molecule has 7 heteroatoms. The van der Waals surface area contributed by atoms with Crippen molar-refractivity contribution < 1.29 is 18.0 Å². The minimum absolute atomic E-state index is 0.196. The minimum Gasteiger partial charge on any atom is -0.348 e. The van der Waals surface area contributed by atoms with Crippen molar-refractivity contribution in [3.8, 4) is 0 Å². The molecule has 14 heavy (non-hydrogen) atoms. The molecule has 0 saturated carbocycles. The molecule has 0 saturated heterocycles. The quantitative estimate of drug-likeness (QED) is 0.754. The Bertz CT molecular complexity index is 306. The standard InChI is InChI=1S/C7H8F3N3O/c8-7(9,10)6(14)5(11)1-4-2-12-3-13-4/h2-3,5H,1,11H2,(H,12,13). The highest BCUT2D eigenvalue weighted by atomic mass is 19.4. The normalized spacial score (nSPS) is 14.0. The predicted octanol–water partition coefficient (Wildman–Crippen LogP) is 0.411. The summed E-state index contributed by atoms with van der Waals surface area (Å²) in [5.74, 6) is -1.92. The first kappa shape index (κ1) is 10.7. The molecule has 0 amide bonds. The second-order valence-electron chi connectivity index (χ2n) is 2.75. The Morgan fingerprint density at radius 2 is 2.29 bits per heavy atom. The third-order valence-corrected chi connectivity index (χ3v) is 1.61. The first-order valence-electron chi connectivity index (χ1n) is 3.75. The van der Waals surface area contributed by atoms with Gasteiger partial charge in [0.15, 0.2) is 0 Å². The molecule has 0 fully saturated rings. The lowest BCUT2D eigenvalue weighted by Crippen LogP contribution is -2.41. The Morgan fingerprint density at radius 1 is 1.64 bits per heavy atom. The fourth-order valence-electron chi connectivity index (χ4n) is 0.936. The van der Waals surface area contributed by atoms with Gasteiger partial charge in [0, 0.05) is 18.3 Å². The molecule has 1 aromatic rings. The maximum atomic E-state index is 11.9. The van der Waals surface area contributed by atoms with Crippen LogP contribution < -0.4 is 5.73 Å². The van der Waals surface area contributed by atoms with Crippen molar-refractivity contribution in [2.75, 3.05) is 0 Å². The molecule has 0 spiro atoms. The SMILES string of the molecule is NC(Cc1cnc[nH]1)C(=O)C(F)(F)F. The molecule has 0 aliphatic carbocycles. The van der Waals surface area contributed by atoms with Crippen LogP contribution in [0.5, 0.6) is 0 Å². The number of imidazole rings is 1. The van der Waals surface area contributed by atoms with E-state index in [-0.39, 0.29) is 6.42 Å². The molecule has 0 aromatic carbocycles. The van der Waals surface area contributed by atoms with E-state index < -0.39 is 18.0 Å². The Balaban J connectivity index is 2.59. The van der Waals surface area contributed by atoms with Crippen LogP contribution in [0.25, 0.3) is 0 Å². The summed E-state index contributed by atoms with van der Waals surface area (Å²) in [7, 11) is 0. The largest absolute Gasteiger partial charge is 0.451 e. The second-order valence-corrected chi connectivity index (χ2v) is 2.75. The average molecular weight is 207 g/mol. The first-order chi connectivity index (χ1) is 6.41. The molecule has 3 N–H and O–H groups in total. The summed E-state index contributed by atoms with van der Waals surface area (Å²) in [6, 6.07) is -1.57. The van der Waals surface area contributed by atoms with Crippen LogP contribution in [0.4, 0.5) is 13.2 Å². The lowest BCUT2D eigenvalue weighted by Gasteiger charge is -2.11. The number of carbonyl (C=O) groups is 1. The number of nitrogens with zero attached hydrogens (tertiary/aromatic N) is 1. The highest BCUT2D eigenvalue weighted by Gasteiger charge is 2.41. The van der Waals surface area contributed by atoms with E-state index in [1.165, 1.54) is 12.5 Å². The van der Waals surface area contributed by atoms with Crippen molar-refractivity contribution in [2.24, 2.45) is 5.73 Å². The minimum atomic E-state index is -4.88. The summed E-state index contributed by atoms with van der Waals surface area (Å²) in [5, 5.41) is 0. The number of H-pyrrole nitrogens is 1. The van der Waals surface area contributed by atoms with Crippen LogP contribution in [0.1, 0.15) is 5.69 Å². The van der Waals surface area contributed by atoms with Gasteiger partial charge in [-0.2, -0.15) is 13.2 Å². The van der Waals surface area contributed by atoms with Gasteiger partial charge in [-0.05, 0) is 0 Å². The van der Waals surface area contributed by atoms with Gasteiger partial charge in [0.1, 0.15) is 0 Å². The zero-order valence-electron chi connectivity index (χ0n) is 7.01. The second kappa shape index (κ2) is 3.79. The van der Waals surface area contributed by atoms with Gasteiger partial charge < -0.3 is 10.7 Å². The van der Waals surface area contributed by atoms with Crippen molar-refractivity contribution in [2.45, 2.75) is 18.6 Å². The van der Waals surface area contributed by atoms with Gasteiger partial charge in [-0.1, -0.05) is 0 Å². The number of aromatic nitrogens is 2. The average Bonchev–Trinajstić information content (AvgIpc) is 2.53. The zero-order chi connectivity index (χ0) is 10.8. The number of halogens is 3. The van der Waals surface area contributed by atoms with Crippen molar-refractivity contribution in [1.82, 2.24) is 9.97 Å². The molecular weight excluding hydrogens is 199 g/mol. The van der Waals surface area contributed by atoms with Crippen LogP contribution >= 0.6 is 0 Å². The summed E-state index contributed by atoms with van der Waals surface area (Å²) in [4.78, 5) is 16.8. The molecule has 1 atom stereocenters. The molecule has 1 heterocycles. The van der Waals surface area contributed by atoms with Crippen LogP contribution in [0, 0.1) is 0 Å². The summed E-state index contributed by atoms with van der Waals surface area (Å²) in [6.07, 6.45) is -2.44. The molecule has 0 aliphatic rings. The third-order valence-electron chi connectivity index (χ3n) is 1.61. The number of Topliss-reactive ketones (excluding diaryl/α,β-unsaturated/α-hetero) is 1. The van der Waals surface area contributed by atoms with Gasteiger partial charge in [0.2, 0.25) is 0 Å². The van der Waals surface area contributed by atoms with Gasteiger partial charge in [-0.15, -0.1) is 0 Å². The van der Waals surface area contributed by atoms with E-state index in [1.807, 2.05) is 0 Å². The summed E-state index contributed by atoms with van der Waals surface area (Å²) in [5.41, 5.74) is 5.48. The molecule has 4 nitrogen and oxygen atoms in total. The van der Waals surface area contributed by atoms with E-state index in [2.05, 4.69) is 9.97 Å². The van der Waals surface area contributed by atoms with Gasteiger partial charge in [0.25, 0.3) is 5.78 Å². The lowest BCUT2D eigenvalue weighted by molar-refractivity contribution is -0.172.